The van der Waals surface area contributed by atoms with E-state index in [1.165, 1.54) is 0 Å². The standard InChI is InChI=1S/C12H21NO/c1-9(2)11-8-10(14-13-11)6-7-12(3,4)5/h8-9H,6-7H2,1-5H3. The number of hydrogen-bond donors (Lipinski definition) is 0. The molecule has 0 amide bonds. The third-order valence-corrected chi connectivity index (χ3v) is 2.29. The van der Waals surface area contributed by atoms with Crippen LogP contribution in [0.15, 0.2) is 10.6 Å². The molecule has 0 fully saturated rings. The lowest BCUT2D eigenvalue weighted by Crippen LogP contribution is -2.05. The zero-order valence-electron chi connectivity index (χ0n) is 9.92. The first kappa shape index (κ1) is 11.3. The van der Waals surface area contributed by atoms with Crippen molar-refractivity contribution >= 4 is 0 Å². The first-order chi connectivity index (χ1) is 6.38. The van der Waals surface area contributed by atoms with E-state index in [0.717, 1.165) is 24.3 Å². The Balaban J connectivity index is 2.52. The summed E-state index contributed by atoms with van der Waals surface area (Å²) in [5.74, 6) is 1.48. The second-order valence-corrected chi connectivity index (χ2v) is 5.43. The molecule has 2 heteroatoms. The molecule has 1 rings (SSSR count). The van der Waals surface area contributed by atoms with Gasteiger partial charge < -0.3 is 4.52 Å². The molecule has 0 saturated carbocycles. The fraction of sp³-hybridized carbons (Fsp3) is 0.750. The first-order valence-electron chi connectivity index (χ1n) is 5.34. The number of aromatic nitrogens is 1. The van der Waals surface area contributed by atoms with Crippen molar-refractivity contribution in [1.82, 2.24) is 5.16 Å². The molecular weight excluding hydrogens is 174 g/mol. The van der Waals surface area contributed by atoms with E-state index in [0.29, 0.717) is 11.3 Å². The van der Waals surface area contributed by atoms with Gasteiger partial charge in [0.05, 0.1) is 5.69 Å². The Kier molecular flexibility index (Phi) is 3.35. The van der Waals surface area contributed by atoms with Crippen molar-refractivity contribution in [2.45, 2.75) is 53.4 Å². The van der Waals surface area contributed by atoms with Gasteiger partial charge in [-0.25, -0.2) is 0 Å². The van der Waals surface area contributed by atoms with Crippen LogP contribution in [0.2, 0.25) is 0 Å². The predicted octanol–water partition coefficient (Wildman–Crippen LogP) is 3.78. The van der Waals surface area contributed by atoms with Crippen LogP contribution >= 0.6 is 0 Å². The Morgan fingerprint density at radius 3 is 2.43 bits per heavy atom. The lowest BCUT2D eigenvalue weighted by molar-refractivity contribution is 0.329. The van der Waals surface area contributed by atoms with Crippen LogP contribution < -0.4 is 0 Å². The lowest BCUT2D eigenvalue weighted by atomic mass is 9.90. The molecule has 80 valence electrons. The highest BCUT2D eigenvalue weighted by atomic mass is 16.5. The van der Waals surface area contributed by atoms with Gasteiger partial charge in [0, 0.05) is 12.5 Å². The maximum atomic E-state index is 5.27. The van der Waals surface area contributed by atoms with Crippen molar-refractivity contribution in [2.75, 3.05) is 0 Å². The van der Waals surface area contributed by atoms with Crippen molar-refractivity contribution in [3.8, 4) is 0 Å². The molecule has 0 aliphatic heterocycles. The average molecular weight is 195 g/mol. The van der Waals surface area contributed by atoms with Crippen molar-refractivity contribution < 1.29 is 4.52 Å². The zero-order chi connectivity index (χ0) is 10.8. The zero-order valence-corrected chi connectivity index (χ0v) is 9.92. The van der Waals surface area contributed by atoms with Gasteiger partial charge in [-0.2, -0.15) is 0 Å². The van der Waals surface area contributed by atoms with Crippen LogP contribution in [-0.4, -0.2) is 5.16 Å². The van der Waals surface area contributed by atoms with E-state index >= 15 is 0 Å². The summed E-state index contributed by atoms with van der Waals surface area (Å²) >= 11 is 0. The fourth-order valence-electron chi connectivity index (χ4n) is 1.22. The van der Waals surface area contributed by atoms with Crippen molar-refractivity contribution in [3.63, 3.8) is 0 Å². The van der Waals surface area contributed by atoms with Gasteiger partial charge in [0.1, 0.15) is 5.76 Å². The molecule has 0 saturated heterocycles. The van der Waals surface area contributed by atoms with Crippen molar-refractivity contribution in [2.24, 2.45) is 5.41 Å². The molecule has 0 atom stereocenters. The number of aryl methyl sites for hydroxylation is 1. The van der Waals surface area contributed by atoms with Crippen LogP contribution in [0, 0.1) is 5.41 Å². The van der Waals surface area contributed by atoms with Crippen LogP contribution in [0.5, 0.6) is 0 Å². The summed E-state index contributed by atoms with van der Waals surface area (Å²) in [7, 11) is 0. The van der Waals surface area contributed by atoms with Gasteiger partial charge in [-0.1, -0.05) is 39.8 Å². The van der Waals surface area contributed by atoms with Gasteiger partial charge in [-0.3, -0.25) is 0 Å². The summed E-state index contributed by atoms with van der Waals surface area (Å²) in [6.07, 6.45) is 2.13. The first-order valence-corrected chi connectivity index (χ1v) is 5.34. The van der Waals surface area contributed by atoms with Crippen molar-refractivity contribution in [1.29, 1.82) is 0 Å². The maximum Gasteiger partial charge on any atom is 0.137 e. The second-order valence-electron chi connectivity index (χ2n) is 5.43. The molecule has 0 spiro atoms. The molecule has 14 heavy (non-hydrogen) atoms. The molecule has 0 aliphatic carbocycles. The Hall–Kier alpha value is -0.790. The van der Waals surface area contributed by atoms with E-state index in [-0.39, 0.29) is 0 Å². The molecule has 0 aliphatic rings. The Labute approximate surface area is 86.7 Å². The van der Waals surface area contributed by atoms with Gasteiger partial charge >= 0.3 is 0 Å². The third kappa shape index (κ3) is 3.52. The molecule has 0 radical (unpaired) electrons. The van der Waals surface area contributed by atoms with Crippen LogP contribution in [0.1, 0.15) is 58.4 Å². The summed E-state index contributed by atoms with van der Waals surface area (Å²) in [5, 5.41) is 4.04. The molecule has 2 nitrogen and oxygen atoms in total. The predicted molar refractivity (Wildman–Crippen MR) is 58.4 cm³/mol. The number of hydrogen-bond acceptors (Lipinski definition) is 2. The quantitative estimate of drug-likeness (QED) is 0.733. The van der Waals surface area contributed by atoms with Crippen LogP contribution in [0.25, 0.3) is 0 Å². The third-order valence-electron chi connectivity index (χ3n) is 2.29. The summed E-state index contributed by atoms with van der Waals surface area (Å²) < 4.78 is 5.27. The molecule has 1 aromatic rings. The fourth-order valence-corrected chi connectivity index (χ4v) is 1.22. The second kappa shape index (κ2) is 4.16. The van der Waals surface area contributed by atoms with Crippen LogP contribution in [-0.2, 0) is 6.42 Å². The van der Waals surface area contributed by atoms with Crippen molar-refractivity contribution in [3.05, 3.63) is 17.5 Å². The highest BCUT2D eigenvalue weighted by Gasteiger charge is 2.13. The SMILES string of the molecule is CC(C)c1cc(CCC(C)(C)C)on1. The summed E-state index contributed by atoms with van der Waals surface area (Å²) in [5.41, 5.74) is 1.43. The highest BCUT2D eigenvalue weighted by Crippen LogP contribution is 2.22. The summed E-state index contributed by atoms with van der Waals surface area (Å²) in [6.45, 7) is 11.0. The summed E-state index contributed by atoms with van der Waals surface area (Å²) in [6, 6.07) is 2.08. The highest BCUT2D eigenvalue weighted by molar-refractivity contribution is 5.09. The van der Waals surface area contributed by atoms with Gasteiger partial charge in [0.15, 0.2) is 0 Å². The molecule has 0 unspecified atom stereocenters. The van der Waals surface area contributed by atoms with E-state index in [1.54, 1.807) is 0 Å². The van der Waals surface area contributed by atoms with E-state index in [4.69, 9.17) is 4.52 Å². The minimum absolute atomic E-state index is 0.366. The van der Waals surface area contributed by atoms with Crippen LogP contribution in [0.4, 0.5) is 0 Å². The monoisotopic (exact) mass is 195 g/mol. The van der Waals surface area contributed by atoms with Gasteiger partial charge in [-0.05, 0) is 17.8 Å². The largest absolute Gasteiger partial charge is 0.361 e. The average Bonchev–Trinajstić information content (AvgIpc) is 2.47. The smallest absolute Gasteiger partial charge is 0.137 e. The van der Waals surface area contributed by atoms with Gasteiger partial charge in [-0.15, -0.1) is 0 Å². The van der Waals surface area contributed by atoms with Crippen LogP contribution in [0.3, 0.4) is 0 Å². The molecule has 0 aromatic carbocycles. The molecule has 0 N–H and O–H groups in total. The Morgan fingerprint density at radius 1 is 1.36 bits per heavy atom. The van der Waals surface area contributed by atoms with E-state index in [9.17, 15) is 0 Å². The van der Waals surface area contributed by atoms with E-state index < -0.39 is 0 Å². The summed E-state index contributed by atoms with van der Waals surface area (Å²) in [4.78, 5) is 0. The minimum Gasteiger partial charge on any atom is -0.361 e. The topological polar surface area (TPSA) is 26.0 Å². The van der Waals surface area contributed by atoms with Gasteiger partial charge in [0.25, 0.3) is 0 Å². The minimum atomic E-state index is 0.366. The maximum absolute atomic E-state index is 5.27. The normalized spacial score (nSPS) is 12.4. The van der Waals surface area contributed by atoms with Gasteiger partial charge in [0.2, 0.25) is 0 Å². The number of nitrogens with zero attached hydrogens (tertiary/aromatic N) is 1. The molecule has 1 aromatic heterocycles. The lowest BCUT2D eigenvalue weighted by Gasteiger charge is -2.16. The Morgan fingerprint density at radius 2 is 2.00 bits per heavy atom. The van der Waals surface area contributed by atoms with E-state index in [2.05, 4.69) is 45.8 Å². The molecule has 0 bridgehead atoms. The molecule has 1 heterocycles. The van der Waals surface area contributed by atoms with E-state index in [1.807, 2.05) is 0 Å². The number of rotatable bonds is 3. The Bertz CT molecular complexity index is 281. The molecular formula is C12H21NO.